The fourth-order valence-corrected chi connectivity index (χ4v) is 2.68. The minimum Gasteiger partial charge on any atom is -0.334 e. The van der Waals surface area contributed by atoms with E-state index in [1.807, 2.05) is 6.92 Å². The molecule has 3 nitrogen and oxygen atoms in total. The molecule has 1 fully saturated rings. The Balaban J connectivity index is 2.27. The Labute approximate surface area is 111 Å². The lowest BCUT2D eigenvalue weighted by atomic mass is 9.90. The van der Waals surface area contributed by atoms with Crippen LogP contribution in [0.1, 0.15) is 30.1 Å². The summed E-state index contributed by atoms with van der Waals surface area (Å²) in [4.78, 5) is 14.0. The van der Waals surface area contributed by atoms with Crippen LogP contribution in [0.4, 0.5) is 8.78 Å². The van der Waals surface area contributed by atoms with Crippen LogP contribution in [0.3, 0.4) is 0 Å². The van der Waals surface area contributed by atoms with Gasteiger partial charge in [-0.15, -0.1) is 0 Å². The molecule has 0 bridgehead atoms. The largest absolute Gasteiger partial charge is 0.334 e. The van der Waals surface area contributed by atoms with Gasteiger partial charge in [-0.05, 0) is 30.9 Å². The van der Waals surface area contributed by atoms with Gasteiger partial charge in [-0.1, -0.05) is 6.92 Å². The van der Waals surface area contributed by atoms with Crippen molar-refractivity contribution in [3.63, 3.8) is 0 Å². The number of likely N-dealkylation sites (tertiary alicyclic amines) is 1. The van der Waals surface area contributed by atoms with Gasteiger partial charge in [0.25, 0.3) is 5.91 Å². The van der Waals surface area contributed by atoms with E-state index in [1.165, 1.54) is 6.07 Å². The molecular weight excluding hydrogens is 250 g/mol. The molecule has 1 aliphatic rings. The Kier molecular flexibility index (Phi) is 4.14. The van der Waals surface area contributed by atoms with Gasteiger partial charge in [-0.3, -0.25) is 4.79 Å². The number of carbonyl (C=O) groups excluding carboxylic acids is 1. The topological polar surface area (TPSA) is 46.3 Å². The van der Waals surface area contributed by atoms with E-state index in [1.54, 1.807) is 4.90 Å². The van der Waals surface area contributed by atoms with E-state index >= 15 is 0 Å². The van der Waals surface area contributed by atoms with Gasteiger partial charge in [-0.25, -0.2) is 8.78 Å². The Morgan fingerprint density at radius 3 is 2.84 bits per heavy atom. The smallest absolute Gasteiger partial charge is 0.257 e. The molecule has 1 heterocycles. The number of nitrogens with zero attached hydrogens (tertiary/aromatic N) is 1. The second-order valence-electron chi connectivity index (χ2n) is 5.05. The third-order valence-electron chi connectivity index (χ3n) is 3.78. The quantitative estimate of drug-likeness (QED) is 0.893. The van der Waals surface area contributed by atoms with Gasteiger partial charge in [0.15, 0.2) is 0 Å². The van der Waals surface area contributed by atoms with E-state index < -0.39 is 17.5 Å². The number of piperidine rings is 1. The molecule has 0 spiro atoms. The molecule has 1 aliphatic heterocycles. The molecule has 1 amide bonds. The van der Waals surface area contributed by atoms with Crippen LogP contribution >= 0.6 is 0 Å². The van der Waals surface area contributed by atoms with Crippen LogP contribution in [0.5, 0.6) is 0 Å². The van der Waals surface area contributed by atoms with Gasteiger partial charge in [0.05, 0.1) is 5.56 Å². The minimum absolute atomic E-state index is 0.0781. The molecule has 0 aromatic heterocycles. The zero-order chi connectivity index (χ0) is 14.0. The Morgan fingerprint density at radius 1 is 1.47 bits per heavy atom. The van der Waals surface area contributed by atoms with Gasteiger partial charge in [0, 0.05) is 25.2 Å². The number of benzene rings is 1. The Hall–Kier alpha value is -1.49. The molecule has 0 aliphatic carbocycles. The molecule has 0 saturated carbocycles. The minimum atomic E-state index is -0.820. The van der Waals surface area contributed by atoms with Crippen LogP contribution in [0, 0.1) is 17.6 Å². The van der Waals surface area contributed by atoms with Gasteiger partial charge >= 0.3 is 0 Å². The molecule has 2 N–H and O–H groups in total. The number of halogens is 2. The maximum absolute atomic E-state index is 13.7. The van der Waals surface area contributed by atoms with E-state index in [0.29, 0.717) is 19.0 Å². The number of rotatable bonds is 2. The highest BCUT2D eigenvalue weighted by molar-refractivity contribution is 5.94. The molecule has 104 valence electrons. The summed E-state index contributed by atoms with van der Waals surface area (Å²) in [5.74, 6) is -1.61. The summed E-state index contributed by atoms with van der Waals surface area (Å²) < 4.78 is 26.5. The lowest BCUT2D eigenvalue weighted by Crippen LogP contribution is -2.51. The highest BCUT2D eigenvalue weighted by atomic mass is 19.1. The van der Waals surface area contributed by atoms with Crippen molar-refractivity contribution in [2.24, 2.45) is 11.7 Å². The Bertz CT molecular complexity index is 479. The van der Waals surface area contributed by atoms with Crippen LogP contribution in [0.2, 0.25) is 0 Å². The number of amides is 1. The summed E-state index contributed by atoms with van der Waals surface area (Å²) in [6.07, 6.45) is 1.89. The molecule has 1 aromatic rings. The third kappa shape index (κ3) is 2.76. The van der Waals surface area contributed by atoms with E-state index in [0.717, 1.165) is 25.0 Å². The van der Waals surface area contributed by atoms with Gasteiger partial charge < -0.3 is 10.6 Å². The third-order valence-corrected chi connectivity index (χ3v) is 3.78. The van der Waals surface area contributed by atoms with Gasteiger partial charge in [0.2, 0.25) is 0 Å². The molecule has 2 rings (SSSR count). The van der Waals surface area contributed by atoms with Crippen molar-refractivity contribution in [3.8, 4) is 0 Å². The summed E-state index contributed by atoms with van der Waals surface area (Å²) in [5.41, 5.74) is 5.63. The van der Waals surface area contributed by atoms with Crippen LogP contribution in [0.15, 0.2) is 18.2 Å². The Morgan fingerprint density at radius 2 is 2.21 bits per heavy atom. The van der Waals surface area contributed by atoms with Crippen molar-refractivity contribution in [3.05, 3.63) is 35.4 Å². The summed E-state index contributed by atoms with van der Waals surface area (Å²) in [6, 6.07) is 2.95. The fraction of sp³-hybridized carbons (Fsp3) is 0.500. The first-order valence-corrected chi connectivity index (χ1v) is 6.50. The lowest BCUT2D eigenvalue weighted by Gasteiger charge is -2.39. The standard InChI is InChI=1S/C14H18F2N2O/c1-9-3-2-6-18(13(9)8-17)14(19)11-5-4-10(15)7-12(11)16/h4-5,7,9,13H,2-3,6,8,17H2,1H3/t9-,13-/m1/s1. The SMILES string of the molecule is C[C@@H]1CCCN(C(=O)c2ccc(F)cc2F)[C@@H]1CN. The predicted octanol–water partition coefficient (Wildman–Crippen LogP) is 2.16. The first-order valence-electron chi connectivity index (χ1n) is 6.50. The molecule has 19 heavy (non-hydrogen) atoms. The van der Waals surface area contributed by atoms with Crippen LogP contribution < -0.4 is 5.73 Å². The molecule has 0 unspecified atom stereocenters. The van der Waals surface area contributed by atoms with Gasteiger partial charge in [0.1, 0.15) is 11.6 Å². The van der Waals surface area contributed by atoms with E-state index in [4.69, 9.17) is 5.73 Å². The number of carbonyl (C=O) groups is 1. The molecular formula is C14H18F2N2O. The second kappa shape index (κ2) is 5.65. The van der Waals surface area contributed by atoms with E-state index in [9.17, 15) is 13.6 Å². The molecule has 2 atom stereocenters. The van der Waals surface area contributed by atoms with Crippen molar-refractivity contribution in [2.45, 2.75) is 25.8 Å². The normalized spacial score (nSPS) is 23.5. The van der Waals surface area contributed by atoms with E-state index in [2.05, 4.69) is 0 Å². The summed E-state index contributed by atoms with van der Waals surface area (Å²) in [5, 5.41) is 0. The highest BCUT2D eigenvalue weighted by Crippen LogP contribution is 2.25. The maximum Gasteiger partial charge on any atom is 0.257 e. The number of nitrogens with two attached hydrogens (primary N) is 1. The zero-order valence-electron chi connectivity index (χ0n) is 10.9. The number of hydrogen-bond donors (Lipinski definition) is 1. The van der Waals surface area contributed by atoms with Crippen molar-refractivity contribution >= 4 is 5.91 Å². The van der Waals surface area contributed by atoms with Gasteiger partial charge in [-0.2, -0.15) is 0 Å². The highest BCUT2D eigenvalue weighted by Gasteiger charge is 2.32. The molecule has 0 radical (unpaired) electrons. The fourth-order valence-electron chi connectivity index (χ4n) is 2.68. The first-order chi connectivity index (χ1) is 9.04. The lowest BCUT2D eigenvalue weighted by molar-refractivity contribution is 0.0528. The molecule has 1 saturated heterocycles. The summed E-state index contributed by atoms with van der Waals surface area (Å²) in [6.45, 7) is 2.97. The predicted molar refractivity (Wildman–Crippen MR) is 68.6 cm³/mol. The van der Waals surface area contributed by atoms with Crippen LogP contribution in [-0.4, -0.2) is 29.9 Å². The van der Waals surface area contributed by atoms with Crippen molar-refractivity contribution in [2.75, 3.05) is 13.1 Å². The maximum atomic E-state index is 13.7. The second-order valence-corrected chi connectivity index (χ2v) is 5.05. The molecule has 1 aromatic carbocycles. The summed E-state index contributed by atoms with van der Waals surface area (Å²) >= 11 is 0. The summed E-state index contributed by atoms with van der Waals surface area (Å²) in [7, 11) is 0. The average molecular weight is 268 g/mol. The van der Waals surface area contributed by atoms with Crippen molar-refractivity contribution in [1.82, 2.24) is 4.90 Å². The van der Waals surface area contributed by atoms with E-state index in [-0.39, 0.29) is 11.6 Å². The van der Waals surface area contributed by atoms with Crippen LogP contribution in [0.25, 0.3) is 0 Å². The molecule has 5 heteroatoms. The first kappa shape index (κ1) is 13.9. The average Bonchev–Trinajstić information content (AvgIpc) is 2.37. The van der Waals surface area contributed by atoms with Crippen molar-refractivity contribution in [1.29, 1.82) is 0 Å². The van der Waals surface area contributed by atoms with Crippen molar-refractivity contribution < 1.29 is 13.6 Å². The number of hydrogen-bond acceptors (Lipinski definition) is 2. The van der Waals surface area contributed by atoms with Crippen LogP contribution in [-0.2, 0) is 0 Å². The zero-order valence-corrected chi connectivity index (χ0v) is 10.9. The monoisotopic (exact) mass is 268 g/mol.